The molecule has 1 atom stereocenters. The maximum atomic E-state index is 10.5. The second-order valence-corrected chi connectivity index (χ2v) is 2.37. The van der Waals surface area contributed by atoms with Gasteiger partial charge in [-0.1, -0.05) is 6.42 Å². The molecule has 0 saturated carbocycles. The van der Waals surface area contributed by atoms with Crippen molar-refractivity contribution in [1.29, 1.82) is 0 Å². The fourth-order valence-corrected chi connectivity index (χ4v) is 0.763. The number of hydrogen-bond acceptors (Lipinski definition) is 4. The lowest BCUT2D eigenvalue weighted by molar-refractivity contribution is -0.122. The van der Waals surface area contributed by atoms with Gasteiger partial charge in [0.15, 0.2) is 0 Å². The van der Waals surface area contributed by atoms with Crippen molar-refractivity contribution in [3.05, 3.63) is 0 Å². The van der Waals surface area contributed by atoms with Gasteiger partial charge in [-0.2, -0.15) is 5.48 Å². The fourth-order valence-electron chi connectivity index (χ4n) is 0.763. The van der Waals surface area contributed by atoms with Crippen LogP contribution < -0.4 is 16.9 Å². The van der Waals surface area contributed by atoms with Gasteiger partial charge in [-0.25, -0.2) is 0 Å². The molecule has 0 saturated heterocycles. The van der Waals surface area contributed by atoms with E-state index in [1.165, 1.54) is 0 Å². The quantitative estimate of drug-likeness (QED) is 0.295. The van der Waals surface area contributed by atoms with Crippen molar-refractivity contribution >= 4 is 5.91 Å². The van der Waals surface area contributed by atoms with Crippen LogP contribution in [-0.2, 0) is 4.79 Å². The molecular formula is C6H15N3O2. The summed E-state index contributed by atoms with van der Waals surface area (Å²) < 4.78 is 0. The third-order valence-electron chi connectivity index (χ3n) is 1.45. The van der Waals surface area contributed by atoms with Gasteiger partial charge in [-0.05, 0) is 19.4 Å². The number of hydroxylamine groups is 1. The van der Waals surface area contributed by atoms with E-state index >= 15 is 0 Å². The van der Waals surface area contributed by atoms with Crippen LogP contribution in [0, 0.1) is 0 Å². The first-order valence-electron chi connectivity index (χ1n) is 3.61. The maximum Gasteiger partial charge on any atom is 0.236 e. The predicted molar refractivity (Wildman–Crippen MR) is 40.8 cm³/mol. The highest BCUT2D eigenvalue weighted by atomic mass is 16.5. The van der Waals surface area contributed by atoms with Crippen molar-refractivity contribution in [3.8, 4) is 0 Å². The molecule has 0 fully saturated rings. The van der Waals surface area contributed by atoms with Crippen LogP contribution in [0.15, 0.2) is 0 Å². The van der Waals surface area contributed by atoms with Gasteiger partial charge < -0.3 is 16.7 Å². The summed E-state index contributed by atoms with van der Waals surface area (Å²) in [5.74, 6) is -0.537. The molecule has 6 N–H and O–H groups in total. The molecule has 5 heteroatoms. The summed E-state index contributed by atoms with van der Waals surface area (Å²) in [4.78, 5) is 10.5. The third-order valence-corrected chi connectivity index (χ3v) is 1.45. The van der Waals surface area contributed by atoms with Gasteiger partial charge in [0.2, 0.25) is 5.91 Å². The van der Waals surface area contributed by atoms with Gasteiger partial charge in [0.25, 0.3) is 0 Å². The average Bonchev–Trinajstić information content (AvgIpc) is 1.97. The summed E-state index contributed by atoms with van der Waals surface area (Å²) in [6.07, 6.45) is 2.16. The van der Waals surface area contributed by atoms with Crippen molar-refractivity contribution < 1.29 is 10.0 Å². The Hall–Kier alpha value is -0.650. The molecule has 0 aliphatic heterocycles. The lowest BCUT2D eigenvalue weighted by atomic mass is 10.1. The number of carbonyl (C=O) groups excluding carboxylic acids is 1. The highest BCUT2D eigenvalue weighted by molar-refractivity contribution is 5.79. The molecule has 0 rings (SSSR count). The number of carbonyl (C=O) groups is 1. The summed E-state index contributed by atoms with van der Waals surface area (Å²) in [6, 6.07) is -0.637. The topological polar surface area (TPSA) is 101 Å². The van der Waals surface area contributed by atoms with Crippen LogP contribution in [0.4, 0.5) is 0 Å². The first kappa shape index (κ1) is 10.3. The first-order chi connectivity index (χ1) is 5.22. The summed E-state index contributed by atoms with van der Waals surface area (Å²) in [5.41, 5.74) is 12.0. The average molecular weight is 161 g/mol. The van der Waals surface area contributed by atoms with Crippen LogP contribution in [-0.4, -0.2) is 23.7 Å². The van der Waals surface area contributed by atoms with E-state index in [-0.39, 0.29) is 0 Å². The van der Waals surface area contributed by atoms with E-state index in [9.17, 15) is 4.79 Å². The van der Waals surface area contributed by atoms with Gasteiger partial charge in [0, 0.05) is 0 Å². The molecule has 0 aromatic carbocycles. The van der Waals surface area contributed by atoms with E-state index in [0.717, 1.165) is 12.8 Å². The highest BCUT2D eigenvalue weighted by Gasteiger charge is 2.11. The normalized spacial score (nSPS) is 12.9. The molecule has 0 spiro atoms. The zero-order valence-electron chi connectivity index (χ0n) is 6.42. The minimum Gasteiger partial charge on any atom is -0.368 e. The zero-order valence-corrected chi connectivity index (χ0v) is 6.42. The number of nitrogens with two attached hydrogens (primary N) is 2. The SMILES string of the molecule is NCCCC[C@H](NO)C(N)=O. The lowest BCUT2D eigenvalue weighted by Crippen LogP contribution is -2.39. The predicted octanol–water partition coefficient (Wildman–Crippen LogP) is -1.05. The molecule has 0 aliphatic carbocycles. The Kier molecular flexibility index (Phi) is 5.73. The van der Waals surface area contributed by atoms with Crippen LogP contribution in [0.1, 0.15) is 19.3 Å². The second-order valence-electron chi connectivity index (χ2n) is 2.37. The molecule has 0 aromatic heterocycles. The van der Waals surface area contributed by atoms with Crippen molar-refractivity contribution in [2.24, 2.45) is 11.5 Å². The number of primary amides is 1. The van der Waals surface area contributed by atoms with Gasteiger partial charge in [0.05, 0.1) is 0 Å². The van der Waals surface area contributed by atoms with E-state index in [1.54, 1.807) is 0 Å². The summed E-state index contributed by atoms with van der Waals surface area (Å²) in [7, 11) is 0. The van der Waals surface area contributed by atoms with Gasteiger partial charge >= 0.3 is 0 Å². The Bertz CT molecular complexity index is 118. The van der Waals surface area contributed by atoms with E-state index in [4.69, 9.17) is 16.7 Å². The molecule has 0 bridgehead atoms. The second kappa shape index (κ2) is 6.09. The van der Waals surface area contributed by atoms with Crippen LogP contribution in [0.25, 0.3) is 0 Å². The first-order valence-corrected chi connectivity index (χ1v) is 3.61. The Morgan fingerprint density at radius 2 is 2.18 bits per heavy atom. The highest BCUT2D eigenvalue weighted by Crippen LogP contribution is 1.98. The number of amides is 1. The minimum absolute atomic E-state index is 0.531. The largest absolute Gasteiger partial charge is 0.368 e. The Morgan fingerprint density at radius 1 is 1.55 bits per heavy atom. The Balaban J connectivity index is 3.44. The Morgan fingerprint density at radius 3 is 2.55 bits per heavy atom. The number of hydrogen-bond donors (Lipinski definition) is 4. The lowest BCUT2D eigenvalue weighted by Gasteiger charge is -2.09. The summed E-state index contributed by atoms with van der Waals surface area (Å²) >= 11 is 0. The van der Waals surface area contributed by atoms with Crippen LogP contribution in [0.5, 0.6) is 0 Å². The standard InChI is InChI=1S/C6H15N3O2/c7-4-2-1-3-5(9-11)6(8)10/h5,9,11H,1-4,7H2,(H2,8,10)/t5-/m0/s1. The smallest absolute Gasteiger partial charge is 0.236 e. The molecule has 0 heterocycles. The van der Waals surface area contributed by atoms with Crippen molar-refractivity contribution in [2.75, 3.05) is 6.54 Å². The van der Waals surface area contributed by atoms with Crippen molar-refractivity contribution in [2.45, 2.75) is 25.3 Å². The van der Waals surface area contributed by atoms with Crippen LogP contribution >= 0.6 is 0 Å². The summed E-state index contributed by atoms with van der Waals surface area (Å²) in [5, 5.41) is 8.41. The molecule has 66 valence electrons. The monoisotopic (exact) mass is 161 g/mol. The molecule has 0 radical (unpaired) electrons. The maximum absolute atomic E-state index is 10.5. The molecule has 0 aliphatic rings. The molecule has 11 heavy (non-hydrogen) atoms. The molecule has 0 aromatic rings. The number of rotatable bonds is 6. The van der Waals surface area contributed by atoms with E-state index < -0.39 is 11.9 Å². The summed E-state index contributed by atoms with van der Waals surface area (Å²) in [6.45, 7) is 0.594. The van der Waals surface area contributed by atoms with Crippen molar-refractivity contribution in [1.82, 2.24) is 5.48 Å². The molecule has 5 nitrogen and oxygen atoms in total. The van der Waals surface area contributed by atoms with Gasteiger partial charge in [0.1, 0.15) is 6.04 Å². The van der Waals surface area contributed by atoms with Crippen molar-refractivity contribution in [3.63, 3.8) is 0 Å². The zero-order chi connectivity index (χ0) is 8.69. The number of nitrogens with one attached hydrogen (secondary N) is 1. The van der Waals surface area contributed by atoms with Crippen LogP contribution in [0.2, 0.25) is 0 Å². The molecular weight excluding hydrogens is 146 g/mol. The van der Waals surface area contributed by atoms with Gasteiger partial charge in [-0.15, -0.1) is 0 Å². The fraction of sp³-hybridized carbons (Fsp3) is 0.833. The third kappa shape index (κ3) is 4.72. The Labute approximate surface area is 65.7 Å². The van der Waals surface area contributed by atoms with E-state index in [1.807, 2.05) is 5.48 Å². The van der Waals surface area contributed by atoms with Gasteiger partial charge in [-0.3, -0.25) is 4.79 Å². The molecule has 0 unspecified atom stereocenters. The number of unbranched alkanes of at least 4 members (excludes halogenated alkanes) is 1. The molecule has 1 amide bonds. The minimum atomic E-state index is -0.637. The van der Waals surface area contributed by atoms with E-state index in [2.05, 4.69) is 0 Å². The van der Waals surface area contributed by atoms with Crippen LogP contribution in [0.3, 0.4) is 0 Å². The van der Waals surface area contributed by atoms with E-state index in [0.29, 0.717) is 13.0 Å².